The molecule has 102 valence electrons. The highest BCUT2D eigenvalue weighted by atomic mass is 32.2. The van der Waals surface area contributed by atoms with E-state index in [9.17, 15) is 4.79 Å². The van der Waals surface area contributed by atoms with E-state index in [4.69, 9.17) is 0 Å². The third kappa shape index (κ3) is 2.59. The Labute approximate surface area is 118 Å². The zero-order chi connectivity index (χ0) is 13.2. The summed E-state index contributed by atoms with van der Waals surface area (Å²) in [5.74, 6) is 1.27. The lowest BCUT2D eigenvalue weighted by atomic mass is 9.96. The first-order valence-corrected chi connectivity index (χ1v) is 8.07. The highest BCUT2D eigenvalue weighted by Gasteiger charge is 2.25. The van der Waals surface area contributed by atoms with Crippen LogP contribution in [0.5, 0.6) is 0 Å². The molecule has 19 heavy (non-hydrogen) atoms. The molecule has 2 heterocycles. The van der Waals surface area contributed by atoms with Crippen molar-refractivity contribution in [1.29, 1.82) is 0 Å². The van der Waals surface area contributed by atoms with Gasteiger partial charge in [0.1, 0.15) is 0 Å². The molecule has 4 heteroatoms. The van der Waals surface area contributed by atoms with Crippen LogP contribution in [0.4, 0.5) is 5.69 Å². The third-order valence-corrected chi connectivity index (χ3v) is 4.99. The van der Waals surface area contributed by atoms with Crippen LogP contribution in [0.3, 0.4) is 0 Å². The number of hydrogen-bond acceptors (Lipinski definition) is 3. The molecular formula is C15H20N2OS. The van der Waals surface area contributed by atoms with Crippen molar-refractivity contribution in [2.75, 3.05) is 30.7 Å². The number of hydrogen-bond donors (Lipinski definition) is 1. The van der Waals surface area contributed by atoms with Crippen LogP contribution in [0, 0.1) is 0 Å². The third-order valence-electron chi connectivity index (χ3n) is 3.85. The standard InChI is InChI=1S/C15H20N2OS/c1-11-10-17(8-9-19-11)15(18)13-4-2-6-14-12(13)5-3-7-16-14/h2,4,6,11,16H,3,5,7-10H2,1H3. The first kappa shape index (κ1) is 12.9. The number of thioether (sulfide) groups is 1. The molecule has 1 N–H and O–H groups in total. The topological polar surface area (TPSA) is 32.3 Å². The first-order chi connectivity index (χ1) is 9.25. The molecular weight excluding hydrogens is 256 g/mol. The SMILES string of the molecule is CC1CN(C(=O)c2cccc3c2CCCN3)CCS1. The highest BCUT2D eigenvalue weighted by Crippen LogP contribution is 2.27. The fourth-order valence-electron chi connectivity index (χ4n) is 2.88. The number of rotatable bonds is 1. The van der Waals surface area contributed by atoms with Crippen molar-refractivity contribution in [3.63, 3.8) is 0 Å². The monoisotopic (exact) mass is 276 g/mol. The molecule has 1 aromatic carbocycles. The molecule has 0 bridgehead atoms. The van der Waals surface area contributed by atoms with E-state index in [0.29, 0.717) is 5.25 Å². The molecule has 0 aliphatic carbocycles. The maximum absolute atomic E-state index is 12.7. The van der Waals surface area contributed by atoms with Gasteiger partial charge in [-0.25, -0.2) is 0 Å². The Balaban J connectivity index is 1.87. The Morgan fingerprint density at radius 1 is 1.47 bits per heavy atom. The van der Waals surface area contributed by atoms with Crippen LogP contribution in [-0.4, -0.2) is 41.4 Å². The van der Waals surface area contributed by atoms with Crippen molar-refractivity contribution in [3.8, 4) is 0 Å². The second-order valence-corrected chi connectivity index (χ2v) is 6.84. The number of carbonyl (C=O) groups is 1. The van der Waals surface area contributed by atoms with Gasteiger partial charge in [-0.05, 0) is 30.5 Å². The van der Waals surface area contributed by atoms with E-state index in [1.165, 1.54) is 5.56 Å². The Morgan fingerprint density at radius 3 is 3.21 bits per heavy atom. The lowest BCUT2D eigenvalue weighted by Gasteiger charge is -2.32. The van der Waals surface area contributed by atoms with E-state index >= 15 is 0 Å². The van der Waals surface area contributed by atoms with Gasteiger partial charge in [-0.2, -0.15) is 11.8 Å². The van der Waals surface area contributed by atoms with E-state index in [1.54, 1.807) is 0 Å². The van der Waals surface area contributed by atoms with Gasteiger partial charge in [-0.1, -0.05) is 13.0 Å². The molecule has 0 spiro atoms. The number of fused-ring (bicyclic) bond motifs is 1. The summed E-state index contributed by atoms with van der Waals surface area (Å²) in [6.07, 6.45) is 2.13. The van der Waals surface area contributed by atoms with Crippen LogP contribution in [0.15, 0.2) is 18.2 Å². The van der Waals surface area contributed by atoms with E-state index in [2.05, 4.69) is 18.3 Å². The average molecular weight is 276 g/mol. The lowest BCUT2D eigenvalue weighted by molar-refractivity contribution is 0.0762. The van der Waals surface area contributed by atoms with Crippen molar-refractivity contribution in [2.24, 2.45) is 0 Å². The van der Waals surface area contributed by atoms with Crippen molar-refractivity contribution >= 4 is 23.4 Å². The summed E-state index contributed by atoms with van der Waals surface area (Å²) < 4.78 is 0. The van der Waals surface area contributed by atoms with Crippen molar-refractivity contribution < 1.29 is 4.79 Å². The van der Waals surface area contributed by atoms with Gasteiger partial charge in [-0.3, -0.25) is 4.79 Å². The van der Waals surface area contributed by atoms with Gasteiger partial charge < -0.3 is 10.2 Å². The van der Waals surface area contributed by atoms with E-state index < -0.39 is 0 Å². The molecule has 0 saturated carbocycles. The fraction of sp³-hybridized carbons (Fsp3) is 0.533. The second kappa shape index (κ2) is 5.45. The van der Waals surface area contributed by atoms with Crippen LogP contribution in [0.1, 0.15) is 29.3 Å². The number of benzene rings is 1. The van der Waals surface area contributed by atoms with Crippen LogP contribution >= 0.6 is 11.8 Å². The summed E-state index contributed by atoms with van der Waals surface area (Å²) in [7, 11) is 0. The molecule has 1 saturated heterocycles. The van der Waals surface area contributed by atoms with Gasteiger partial charge >= 0.3 is 0 Å². The quantitative estimate of drug-likeness (QED) is 0.856. The summed E-state index contributed by atoms with van der Waals surface area (Å²) in [6, 6.07) is 6.06. The second-order valence-electron chi connectivity index (χ2n) is 5.29. The number of carbonyl (C=O) groups excluding carboxylic acids is 1. The molecule has 1 fully saturated rings. The van der Waals surface area contributed by atoms with Gasteiger partial charge in [0.05, 0.1) is 0 Å². The van der Waals surface area contributed by atoms with Crippen molar-refractivity contribution in [3.05, 3.63) is 29.3 Å². The Morgan fingerprint density at radius 2 is 2.37 bits per heavy atom. The maximum atomic E-state index is 12.7. The molecule has 3 rings (SSSR count). The van der Waals surface area contributed by atoms with Crippen molar-refractivity contribution in [2.45, 2.75) is 25.0 Å². The molecule has 1 aromatic rings. The van der Waals surface area contributed by atoms with E-state index in [-0.39, 0.29) is 5.91 Å². The predicted molar refractivity (Wildman–Crippen MR) is 81.1 cm³/mol. The molecule has 2 aliphatic rings. The van der Waals surface area contributed by atoms with E-state index in [1.807, 2.05) is 28.8 Å². The van der Waals surface area contributed by atoms with Gasteiger partial charge in [0, 0.05) is 41.9 Å². The molecule has 3 nitrogen and oxygen atoms in total. The largest absolute Gasteiger partial charge is 0.385 e. The summed E-state index contributed by atoms with van der Waals surface area (Å²) in [5, 5.41) is 3.95. The molecule has 1 amide bonds. The van der Waals surface area contributed by atoms with Gasteiger partial charge in [0.15, 0.2) is 0 Å². The molecule has 1 atom stereocenters. The summed E-state index contributed by atoms with van der Waals surface area (Å²) in [4.78, 5) is 14.7. The minimum absolute atomic E-state index is 0.215. The van der Waals surface area contributed by atoms with Crippen LogP contribution < -0.4 is 5.32 Å². The number of nitrogens with one attached hydrogen (secondary N) is 1. The zero-order valence-electron chi connectivity index (χ0n) is 11.3. The van der Waals surface area contributed by atoms with Gasteiger partial charge in [0.25, 0.3) is 5.91 Å². The normalized spacial score (nSPS) is 22.6. The highest BCUT2D eigenvalue weighted by molar-refractivity contribution is 7.99. The summed E-state index contributed by atoms with van der Waals surface area (Å²) >= 11 is 1.96. The smallest absolute Gasteiger partial charge is 0.254 e. The lowest BCUT2D eigenvalue weighted by Crippen LogP contribution is -2.41. The summed E-state index contributed by atoms with van der Waals surface area (Å²) in [6.45, 7) is 4.97. The maximum Gasteiger partial charge on any atom is 0.254 e. The fourth-order valence-corrected chi connectivity index (χ4v) is 3.90. The zero-order valence-corrected chi connectivity index (χ0v) is 12.1. The number of anilines is 1. The minimum Gasteiger partial charge on any atom is -0.385 e. The predicted octanol–water partition coefficient (Wildman–Crippen LogP) is 2.62. The number of amides is 1. The molecule has 1 unspecified atom stereocenters. The average Bonchev–Trinajstić information content (AvgIpc) is 2.46. The Bertz CT molecular complexity index is 489. The van der Waals surface area contributed by atoms with Gasteiger partial charge in [-0.15, -0.1) is 0 Å². The number of nitrogens with zero attached hydrogens (tertiary/aromatic N) is 1. The van der Waals surface area contributed by atoms with Crippen LogP contribution in [-0.2, 0) is 6.42 Å². The Hall–Kier alpha value is -1.16. The molecule has 2 aliphatic heterocycles. The minimum atomic E-state index is 0.215. The molecule has 0 aromatic heterocycles. The van der Waals surface area contributed by atoms with Gasteiger partial charge in [0.2, 0.25) is 0 Å². The summed E-state index contributed by atoms with van der Waals surface area (Å²) in [5.41, 5.74) is 3.27. The first-order valence-electron chi connectivity index (χ1n) is 7.02. The van der Waals surface area contributed by atoms with Crippen molar-refractivity contribution in [1.82, 2.24) is 4.90 Å². The molecule has 0 radical (unpaired) electrons. The van der Waals surface area contributed by atoms with E-state index in [0.717, 1.165) is 49.5 Å². The van der Waals surface area contributed by atoms with Crippen LogP contribution in [0.2, 0.25) is 0 Å². The van der Waals surface area contributed by atoms with Crippen LogP contribution in [0.25, 0.3) is 0 Å². The Kier molecular flexibility index (Phi) is 3.69.